The summed E-state index contributed by atoms with van der Waals surface area (Å²) >= 11 is 0. The molecule has 2 aliphatic heterocycles. The lowest BCUT2D eigenvalue weighted by Crippen LogP contribution is -2.54. The molecule has 4 heteroatoms. The maximum atomic E-state index is 5.60. The van der Waals surface area contributed by atoms with Crippen LogP contribution in [-0.4, -0.2) is 21.0 Å². The van der Waals surface area contributed by atoms with Gasteiger partial charge in [0.2, 0.25) is 0 Å². The molecule has 0 amide bonds. The van der Waals surface area contributed by atoms with Crippen molar-refractivity contribution in [1.82, 2.24) is 9.97 Å². The molecule has 0 saturated heterocycles. The van der Waals surface area contributed by atoms with Gasteiger partial charge in [0.15, 0.2) is 0 Å². The van der Waals surface area contributed by atoms with Gasteiger partial charge in [0.05, 0.1) is 28.2 Å². The van der Waals surface area contributed by atoms with E-state index in [1.54, 1.807) is 0 Å². The highest BCUT2D eigenvalue weighted by molar-refractivity contribution is 6.22. The van der Waals surface area contributed by atoms with E-state index < -0.39 is 0 Å². The van der Waals surface area contributed by atoms with E-state index in [1.165, 1.54) is 126 Å². The molecule has 17 rings (SSSR count). The topological polar surface area (TPSA) is 32.3 Å². The lowest BCUT2D eigenvalue weighted by molar-refractivity contribution is 0.195. The minimum atomic E-state index is -0.0297. The fourth-order valence-electron chi connectivity index (χ4n) is 17.4. The van der Waals surface area contributed by atoms with Crippen molar-refractivity contribution in [2.45, 2.75) is 101 Å². The summed E-state index contributed by atoms with van der Waals surface area (Å²) in [7, 11) is 0. The third-order valence-electron chi connectivity index (χ3n) is 22.6. The van der Waals surface area contributed by atoms with Gasteiger partial charge in [-0.3, -0.25) is 4.98 Å². The number of aromatic nitrogens is 2. The lowest BCUT2D eigenvalue weighted by atomic mass is 9.61. The van der Waals surface area contributed by atoms with Crippen molar-refractivity contribution in [2.75, 3.05) is 9.80 Å². The van der Waals surface area contributed by atoms with E-state index in [0.29, 0.717) is 0 Å². The Morgan fingerprint density at radius 1 is 0.283 bits per heavy atom. The monoisotopic (exact) mass is 1190 g/mol. The second-order valence-corrected chi connectivity index (χ2v) is 27.4. The van der Waals surface area contributed by atoms with Gasteiger partial charge < -0.3 is 9.80 Å². The van der Waals surface area contributed by atoms with Gasteiger partial charge in [-0.05, 0) is 201 Å². The highest BCUT2D eigenvalue weighted by Gasteiger charge is 2.59. The van der Waals surface area contributed by atoms with Crippen LogP contribution in [0.2, 0.25) is 0 Å². The van der Waals surface area contributed by atoms with Crippen LogP contribution in [0.25, 0.3) is 111 Å². The van der Waals surface area contributed by atoms with Gasteiger partial charge in [-0.1, -0.05) is 234 Å². The van der Waals surface area contributed by atoms with Crippen molar-refractivity contribution in [3.05, 3.63) is 290 Å². The summed E-state index contributed by atoms with van der Waals surface area (Å²) in [5.41, 5.74) is 26.1. The first-order chi connectivity index (χ1) is 45.1. The van der Waals surface area contributed by atoms with Gasteiger partial charge >= 0.3 is 0 Å². The zero-order chi connectivity index (χ0) is 61.8. The first kappa shape index (κ1) is 55.9. The van der Waals surface area contributed by atoms with Crippen LogP contribution in [-0.2, 0) is 10.8 Å². The Morgan fingerprint density at radius 3 is 1.12 bits per heavy atom. The van der Waals surface area contributed by atoms with Crippen LogP contribution in [0.15, 0.2) is 279 Å². The molecule has 0 N–H and O–H groups in total. The zero-order valence-electron chi connectivity index (χ0n) is 53.0. The van der Waals surface area contributed by atoms with Crippen LogP contribution < -0.4 is 9.80 Å². The van der Waals surface area contributed by atoms with E-state index in [4.69, 9.17) is 9.97 Å². The Kier molecular flexibility index (Phi) is 13.2. The maximum Gasteiger partial charge on any atom is 0.0709 e. The predicted molar refractivity (Wildman–Crippen MR) is 386 cm³/mol. The molecule has 4 heterocycles. The molecule has 0 spiro atoms. The van der Waals surface area contributed by atoms with Crippen LogP contribution in [0.5, 0.6) is 0 Å². The molecule has 11 aromatic carbocycles. The Balaban J connectivity index is 0.805. The van der Waals surface area contributed by atoms with Crippen molar-refractivity contribution in [1.29, 1.82) is 0 Å². The van der Waals surface area contributed by atoms with Crippen molar-refractivity contribution < 1.29 is 0 Å². The summed E-state index contributed by atoms with van der Waals surface area (Å²) in [5, 5.41) is 4.75. The molecule has 2 saturated carbocycles. The molecule has 4 nitrogen and oxygen atoms in total. The van der Waals surface area contributed by atoms with Gasteiger partial charge in [-0.15, -0.1) is 0 Å². The van der Waals surface area contributed by atoms with Gasteiger partial charge in [0, 0.05) is 62.0 Å². The highest BCUT2D eigenvalue weighted by atomic mass is 15.3. The maximum absolute atomic E-state index is 5.60. The normalized spacial score (nSPS) is 20.6. The smallest absolute Gasteiger partial charge is 0.0709 e. The number of fused-ring (bicyclic) bond motifs is 8. The second kappa shape index (κ2) is 21.8. The van der Waals surface area contributed by atoms with E-state index >= 15 is 0 Å². The van der Waals surface area contributed by atoms with Crippen molar-refractivity contribution in [2.24, 2.45) is 0 Å². The second-order valence-electron chi connectivity index (χ2n) is 27.4. The quantitative estimate of drug-likeness (QED) is 0.128. The van der Waals surface area contributed by atoms with Crippen LogP contribution in [0, 0.1) is 0 Å². The number of benzene rings is 11. The fraction of sp³-hybridized carbons (Fsp3) is 0.182. The summed E-state index contributed by atoms with van der Waals surface area (Å²) in [6, 6.07) is 102. The molecule has 4 atom stereocenters. The number of pyridine rings is 2. The van der Waals surface area contributed by atoms with Crippen LogP contribution in [0.1, 0.15) is 90.2 Å². The molecule has 92 heavy (non-hydrogen) atoms. The molecular weight excluding hydrogens is 1110 g/mol. The largest absolute Gasteiger partial charge is 0.334 e. The summed E-state index contributed by atoms with van der Waals surface area (Å²) in [6.07, 6.45) is 11.7. The molecule has 2 aliphatic carbocycles. The molecular formula is C88H74N4. The first-order valence-corrected chi connectivity index (χ1v) is 33.4. The summed E-state index contributed by atoms with van der Waals surface area (Å²) in [6.45, 7) is 10.0. The molecule has 0 bridgehead atoms. The minimum Gasteiger partial charge on any atom is -0.334 e. The molecule has 4 aliphatic rings. The van der Waals surface area contributed by atoms with E-state index in [9.17, 15) is 0 Å². The average molecular weight is 1190 g/mol. The standard InChI is InChI=1S/C88H74N4/c1-85-50-17-19-52-87(85,3)91(70-26-13-7-14-27-70)81-48-43-67(56-76(81)85)78-47-42-69(58-89-78)65-40-45-72-74(54-65)83(63-36-32-61(33-37-63)59-22-9-5-10-23-59)73-46-41-66(55-75(73)84(72)64-38-34-62(35-39-64)60-24-11-6-12-25-60)79-30-21-31-80(90-79)68-44-49-82-77(57-68)86(2)51-18-20-53-88(86,4)92(82)71-28-15-8-16-29-71/h5-16,21-49,54-58H,17-20,50-53H2,1-4H3. The number of hydrogen-bond donors (Lipinski definition) is 0. The summed E-state index contributed by atoms with van der Waals surface area (Å²) < 4.78 is 0. The zero-order valence-corrected chi connectivity index (χ0v) is 53.0. The first-order valence-electron chi connectivity index (χ1n) is 33.4. The molecule has 13 aromatic rings. The fourth-order valence-corrected chi connectivity index (χ4v) is 17.4. The van der Waals surface area contributed by atoms with Gasteiger partial charge in [0.1, 0.15) is 0 Å². The van der Waals surface area contributed by atoms with E-state index in [-0.39, 0.29) is 21.9 Å². The van der Waals surface area contributed by atoms with Crippen molar-refractivity contribution in [3.8, 4) is 89.4 Å². The SMILES string of the molecule is CC12CCCCC1(C)N(c1ccccc1)c1ccc(-c3ccc(-c4ccc5c(-c6ccc(-c7ccccc7)cc6)c6cc(-c7cccc(-c8ccc9c(c8)C8(C)CCCCC8(C)N9c8ccccc8)n7)ccc6c(-c6ccc(-c7ccccc7)cc6)c5c4)cn3)cc12. The Morgan fingerprint density at radius 2 is 0.652 bits per heavy atom. The third-order valence-corrected chi connectivity index (χ3v) is 22.6. The Labute approximate surface area is 541 Å². The molecule has 2 fully saturated rings. The lowest BCUT2D eigenvalue weighted by Gasteiger charge is -2.50. The molecule has 0 radical (unpaired) electrons. The van der Waals surface area contributed by atoms with Gasteiger partial charge in [-0.25, -0.2) is 4.98 Å². The highest BCUT2D eigenvalue weighted by Crippen LogP contribution is 2.63. The number of anilines is 4. The number of rotatable bonds is 10. The summed E-state index contributed by atoms with van der Waals surface area (Å²) in [4.78, 5) is 16.2. The van der Waals surface area contributed by atoms with Gasteiger partial charge in [-0.2, -0.15) is 0 Å². The third kappa shape index (κ3) is 8.77. The number of nitrogens with zero attached hydrogens (tertiary/aromatic N) is 4. The summed E-state index contributed by atoms with van der Waals surface area (Å²) in [5.74, 6) is 0. The Bertz CT molecular complexity index is 4970. The van der Waals surface area contributed by atoms with E-state index in [2.05, 4.69) is 317 Å². The number of hydrogen-bond acceptors (Lipinski definition) is 4. The number of para-hydroxylation sites is 2. The van der Waals surface area contributed by atoms with Gasteiger partial charge in [0.25, 0.3) is 0 Å². The predicted octanol–water partition coefficient (Wildman–Crippen LogP) is 23.6. The minimum absolute atomic E-state index is 0.00494. The van der Waals surface area contributed by atoms with Crippen LogP contribution in [0.4, 0.5) is 22.7 Å². The molecule has 446 valence electrons. The van der Waals surface area contributed by atoms with Crippen molar-refractivity contribution >= 4 is 44.3 Å². The molecule has 4 unspecified atom stereocenters. The van der Waals surface area contributed by atoms with Crippen LogP contribution in [0.3, 0.4) is 0 Å². The van der Waals surface area contributed by atoms with Crippen molar-refractivity contribution in [3.63, 3.8) is 0 Å². The van der Waals surface area contributed by atoms with E-state index in [1.807, 2.05) is 0 Å². The van der Waals surface area contributed by atoms with Crippen LogP contribution >= 0.6 is 0 Å². The Hall–Kier alpha value is -10.2. The van der Waals surface area contributed by atoms with E-state index in [0.717, 1.165) is 69.7 Å². The molecule has 2 aromatic heterocycles. The average Bonchev–Trinajstić information content (AvgIpc) is 1.49.